The first kappa shape index (κ1) is 22.8. The number of esters is 3. The summed E-state index contributed by atoms with van der Waals surface area (Å²) in [6.07, 6.45) is -4.53. The highest BCUT2D eigenvalue weighted by molar-refractivity contribution is 5.73. The van der Waals surface area contributed by atoms with Gasteiger partial charge in [-0.15, -0.1) is 0 Å². The maximum absolute atomic E-state index is 11.6. The van der Waals surface area contributed by atoms with Gasteiger partial charge in [-0.1, -0.05) is 0 Å². The zero-order valence-corrected chi connectivity index (χ0v) is 15.6. The van der Waals surface area contributed by atoms with Gasteiger partial charge in [-0.05, 0) is 0 Å². The first-order chi connectivity index (χ1) is 12.6. The summed E-state index contributed by atoms with van der Waals surface area (Å²) in [5.74, 6) is -2.45. The lowest BCUT2D eigenvalue weighted by atomic mass is 9.96. The van der Waals surface area contributed by atoms with E-state index in [4.69, 9.17) is 28.8 Å². The molecule has 1 amide bonds. The normalized spacial score (nSPS) is 27.4. The Hall–Kier alpha value is -2.24. The third-order valence-electron chi connectivity index (χ3n) is 3.44. The van der Waals surface area contributed by atoms with Crippen molar-refractivity contribution >= 4 is 23.8 Å². The van der Waals surface area contributed by atoms with Crippen LogP contribution in [0.3, 0.4) is 0 Å². The van der Waals surface area contributed by atoms with Gasteiger partial charge < -0.3 is 34.1 Å². The quantitative estimate of drug-likeness (QED) is 0.376. The molecule has 0 bridgehead atoms. The Balaban J connectivity index is 3.22. The monoisotopic (exact) mass is 391 g/mol. The number of hydrogen-bond acceptors (Lipinski definition) is 10. The Kier molecular flexibility index (Phi) is 9.12. The fraction of sp³-hybridized carbons (Fsp3) is 0.750. The second-order valence-electron chi connectivity index (χ2n) is 5.81. The van der Waals surface area contributed by atoms with Crippen LogP contribution in [-0.4, -0.2) is 79.4 Å². The number of carbonyl (C=O) groups is 4. The minimum absolute atomic E-state index is 0.133. The summed E-state index contributed by atoms with van der Waals surface area (Å²) in [5, 5.41) is 11.5. The minimum Gasteiger partial charge on any atom is -0.463 e. The first-order valence-electron chi connectivity index (χ1n) is 8.28. The molecular formula is C16H25NO10. The molecule has 11 nitrogen and oxygen atoms in total. The highest BCUT2D eigenvalue weighted by atomic mass is 16.7. The number of carbonyl (C=O) groups excluding carboxylic acids is 4. The van der Waals surface area contributed by atoms with Crippen LogP contribution in [0.2, 0.25) is 0 Å². The van der Waals surface area contributed by atoms with Crippen LogP contribution in [0.1, 0.15) is 27.7 Å². The van der Waals surface area contributed by atoms with E-state index in [0.29, 0.717) is 0 Å². The summed E-state index contributed by atoms with van der Waals surface area (Å²) in [4.78, 5) is 45.9. The Morgan fingerprint density at radius 2 is 1.56 bits per heavy atom. The molecule has 0 aromatic heterocycles. The average Bonchev–Trinajstić information content (AvgIpc) is 2.54. The van der Waals surface area contributed by atoms with Gasteiger partial charge in [-0.2, -0.15) is 0 Å². The van der Waals surface area contributed by atoms with Crippen molar-refractivity contribution in [2.45, 2.75) is 58.3 Å². The Morgan fingerprint density at radius 3 is 2.04 bits per heavy atom. The zero-order valence-electron chi connectivity index (χ0n) is 15.6. The molecule has 27 heavy (non-hydrogen) atoms. The third-order valence-corrected chi connectivity index (χ3v) is 3.44. The van der Waals surface area contributed by atoms with Crippen LogP contribution in [-0.2, 0) is 42.9 Å². The van der Waals surface area contributed by atoms with Crippen molar-refractivity contribution in [2.24, 2.45) is 0 Å². The number of amides is 1. The van der Waals surface area contributed by atoms with Gasteiger partial charge in [0.05, 0.1) is 13.2 Å². The van der Waals surface area contributed by atoms with Crippen molar-refractivity contribution < 1.29 is 48.0 Å². The Bertz CT molecular complexity index is 551. The molecule has 0 spiro atoms. The molecule has 2 N–H and O–H groups in total. The van der Waals surface area contributed by atoms with Crippen molar-refractivity contribution in [1.82, 2.24) is 5.32 Å². The van der Waals surface area contributed by atoms with Crippen LogP contribution >= 0.6 is 0 Å². The highest BCUT2D eigenvalue weighted by Crippen LogP contribution is 2.27. The maximum atomic E-state index is 11.6. The number of nitrogens with one attached hydrogen (secondary N) is 1. The predicted molar refractivity (Wildman–Crippen MR) is 87.0 cm³/mol. The van der Waals surface area contributed by atoms with Gasteiger partial charge >= 0.3 is 17.9 Å². The standard InChI is InChI=1S/C16H25NO10/c1-8(19)17-13-15(26-11(4)22)14(25-10(3)21)12(7-24-9(2)20)27-16(13)23-6-5-18/h12-16,18H,5-7H2,1-4H3,(H,17,19). The number of aliphatic hydroxyl groups is 1. The van der Waals surface area contributed by atoms with E-state index in [1.54, 1.807) is 0 Å². The average molecular weight is 391 g/mol. The molecular weight excluding hydrogens is 366 g/mol. The molecule has 5 atom stereocenters. The molecule has 0 radical (unpaired) electrons. The van der Waals surface area contributed by atoms with Crippen LogP contribution < -0.4 is 5.32 Å². The molecule has 1 fully saturated rings. The second-order valence-corrected chi connectivity index (χ2v) is 5.81. The van der Waals surface area contributed by atoms with Crippen molar-refractivity contribution in [1.29, 1.82) is 0 Å². The predicted octanol–water partition coefficient (Wildman–Crippen LogP) is -1.35. The molecule has 1 rings (SSSR count). The molecule has 11 heteroatoms. The highest BCUT2D eigenvalue weighted by Gasteiger charge is 2.51. The number of ether oxygens (including phenoxy) is 5. The summed E-state index contributed by atoms with van der Waals surface area (Å²) in [6.45, 7) is 3.95. The summed E-state index contributed by atoms with van der Waals surface area (Å²) in [7, 11) is 0. The first-order valence-corrected chi connectivity index (χ1v) is 8.28. The molecule has 1 heterocycles. The van der Waals surface area contributed by atoms with Gasteiger partial charge in [0.2, 0.25) is 5.91 Å². The SMILES string of the molecule is CC(=O)NC1C(OCCO)OC(COC(C)=O)C(OC(C)=O)C1OC(C)=O. The van der Waals surface area contributed by atoms with Crippen molar-refractivity contribution in [3.05, 3.63) is 0 Å². The van der Waals surface area contributed by atoms with Gasteiger partial charge in [-0.25, -0.2) is 0 Å². The Labute approximate surface area is 156 Å². The molecule has 0 aromatic rings. The second kappa shape index (κ2) is 10.8. The van der Waals surface area contributed by atoms with Gasteiger partial charge in [0.25, 0.3) is 0 Å². The van der Waals surface area contributed by atoms with E-state index in [9.17, 15) is 19.2 Å². The summed E-state index contributed by atoms with van der Waals surface area (Å²) in [6, 6.07) is -1.03. The van der Waals surface area contributed by atoms with Gasteiger partial charge in [0, 0.05) is 27.7 Å². The van der Waals surface area contributed by atoms with Gasteiger partial charge in [0.15, 0.2) is 18.5 Å². The lowest BCUT2D eigenvalue weighted by Crippen LogP contribution is -2.66. The van der Waals surface area contributed by atoms with Crippen LogP contribution in [0, 0.1) is 0 Å². The molecule has 1 saturated heterocycles. The summed E-state index contributed by atoms with van der Waals surface area (Å²) in [5.41, 5.74) is 0. The summed E-state index contributed by atoms with van der Waals surface area (Å²) < 4.78 is 26.5. The number of aliphatic hydroxyl groups excluding tert-OH is 1. The number of hydrogen-bond donors (Lipinski definition) is 2. The molecule has 5 unspecified atom stereocenters. The van der Waals surface area contributed by atoms with Crippen LogP contribution in [0.5, 0.6) is 0 Å². The Morgan fingerprint density at radius 1 is 0.963 bits per heavy atom. The van der Waals surface area contributed by atoms with Crippen molar-refractivity contribution in [2.75, 3.05) is 19.8 Å². The smallest absolute Gasteiger partial charge is 0.303 e. The van der Waals surface area contributed by atoms with E-state index < -0.39 is 54.5 Å². The fourth-order valence-corrected chi connectivity index (χ4v) is 2.60. The fourth-order valence-electron chi connectivity index (χ4n) is 2.60. The largest absolute Gasteiger partial charge is 0.463 e. The van der Waals surface area contributed by atoms with Crippen LogP contribution in [0.25, 0.3) is 0 Å². The van der Waals surface area contributed by atoms with Crippen molar-refractivity contribution in [3.63, 3.8) is 0 Å². The van der Waals surface area contributed by atoms with Crippen LogP contribution in [0.15, 0.2) is 0 Å². The molecule has 154 valence electrons. The lowest BCUT2D eigenvalue weighted by molar-refractivity contribution is -0.278. The number of rotatable bonds is 8. The maximum Gasteiger partial charge on any atom is 0.303 e. The molecule has 0 aromatic carbocycles. The van der Waals surface area contributed by atoms with Gasteiger partial charge in [0.1, 0.15) is 18.8 Å². The van der Waals surface area contributed by atoms with E-state index in [-0.39, 0.29) is 19.8 Å². The van der Waals surface area contributed by atoms with E-state index >= 15 is 0 Å². The third kappa shape index (κ3) is 7.49. The van der Waals surface area contributed by atoms with Gasteiger partial charge in [-0.3, -0.25) is 19.2 Å². The molecule has 1 aliphatic rings. The summed E-state index contributed by atoms with van der Waals surface area (Å²) >= 11 is 0. The van der Waals surface area contributed by atoms with E-state index in [2.05, 4.69) is 5.32 Å². The molecule has 0 saturated carbocycles. The van der Waals surface area contributed by atoms with E-state index in [0.717, 1.165) is 13.8 Å². The zero-order chi connectivity index (χ0) is 20.6. The van der Waals surface area contributed by atoms with Crippen molar-refractivity contribution in [3.8, 4) is 0 Å². The van der Waals surface area contributed by atoms with E-state index in [1.165, 1.54) is 13.8 Å². The lowest BCUT2D eigenvalue weighted by Gasteiger charge is -2.44. The minimum atomic E-state index is -1.17. The molecule has 0 aliphatic carbocycles. The van der Waals surface area contributed by atoms with E-state index in [1.807, 2.05) is 0 Å². The van der Waals surface area contributed by atoms with Crippen LogP contribution in [0.4, 0.5) is 0 Å². The topological polar surface area (TPSA) is 147 Å². The molecule has 1 aliphatic heterocycles.